The maximum Gasteiger partial charge on any atom is 0.123 e. The number of aryl methyl sites for hydroxylation is 1. The second kappa shape index (κ2) is 5.86. The number of benzene rings is 2. The van der Waals surface area contributed by atoms with Gasteiger partial charge in [-0.3, -0.25) is 0 Å². The van der Waals surface area contributed by atoms with E-state index in [1.165, 1.54) is 23.3 Å². The van der Waals surface area contributed by atoms with E-state index in [0.29, 0.717) is 11.7 Å². The Labute approximate surface area is 124 Å². The molecule has 2 N–H and O–H groups in total. The second-order valence-corrected chi connectivity index (χ2v) is 5.68. The Balaban J connectivity index is 1.87. The molecule has 1 aliphatic carbocycles. The lowest BCUT2D eigenvalue weighted by atomic mass is 9.78. The lowest BCUT2D eigenvalue weighted by Gasteiger charge is -2.30. The zero-order chi connectivity index (χ0) is 14.8. The van der Waals surface area contributed by atoms with E-state index in [9.17, 15) is 4.39 Å². The van der Waals surface area contributed by atoms with Gasteiger partial charge < -0.3 is 10.5 Å². The SMILES string of the molecule is COc1ccc(F)cc1C(N)C1CCc2ccccc2C1. The third-order valence-corrected chi connectivity index (χ3v) is 4.44. The standard InChI is InChI=1S/C18H20FNO/c1-21-17-9-8-15(19)11-16(17)18(20)14-7-6-12-4-2-3-5-13(12)10-14/h2-5,8-9,11,14,18H,6-7,10,20H2,1H3. The number of rotatable bonds is 3. The van der Waals surface area contributed by atoms with E-state index in [-0.39, 0.29) is 11.9 Å². The highest BCUT2D eigenvalue weighted by Crippen LogP contribution is 2.36. The van der Waals surface area contributed by atoms with E-state index in [1.54, 1.807) is 13.2 Å². The molecule has 2 aromatic rings. The first-order chi connectivity index (χ1) is 10.2. The van der Waals surface area contributed by atoms with Crippen molar-refractivity contribution in [1.29, 1.82) is 0 Å². The molecule has 0 bridgehead atoms. The zero-order valence-electron chi connectivity index (χ0n) is 12.2. The summed E-state index contributed by atoms with van der Waals surface area (Å²) in [5.74, 6) is 0.718. The molecule has 0 aliphatic heterocycles. The second-order valence-electron chi connectivity index (χ2n) is 5.68. The van der Waals surface area contributed by atoms with Crippen molar-refractivity contribution in [3.63, 3.8) is 0 Å². The molecule has 0 saturated carbocycles. The van der Waals surface area contributed by atoms with Crippen LogP contribution in [0.15, 0.2) is 42.5 Å². The Morgan fingerprint density at radius 1 is 1.19 bits per heavy atom. The maximum absolute atomic E-state index is 13.5. The van der Waals surface area contributed by atoms with Gasteiger partial charge in [-0.05, 0) is 54.5 Å². The molecule has 0 radical (unpaired) electrons. The summed E-state index contributed by atoms with van der Waals surface area (Å²) in [5.41, 5.74) is 9.96. The van der Waals surface area contributed by atoms with Gasteiger partial charge in [-0.1, -0.05) is 24.3 Å². The molecule has 3 rings (SSSR count). The van der Waals surface area contributed by atoms with Crippen LogP contribution >= 0.6 is 0 Å². The molecule has 3 heteroatoms. The molecule has 2 aromatic carbocycles. The lowest BCUT2D eigenvalue weighted by molar-refractivity contribution is 0.357. The van der Waals surface area contributed by atoms with Crippen molar-refractivity contribution in [1.82, 2.24) is 0 Å². The Morgan fingerprint density at radius 2 is 1.95 bits per heavy atom. The molecule has 2 unspecified atom stereocenters. The first-order valence-corrected chi connectivity index (χ1v) is 7.35. The van der Waals surface area contributed by atoms with E-state index in [0.717, 1.165) is 24.8 Å². The van der Waals surface area contributed by atoms with Gasteiger partial charge in [0.1, 0.15) is 11.6 Å². The Bertz CT molecular complexity index is 641. The Morgan fingerprint density at radius 3 is 2.71 bits per heavy atom. The first-order valence-electron chi connectivity index (χ1n) is 7.35. The van der Waals surface area contributed by atoms with E-state index in [1.807, 2.05) is 0 Å². The third kappa shape index (κ3) is 2.79. The molecule has 0 spiro atoms. The number of methoxy groups -OCH3 is 1. The van der Waals surface area contributed by atoms with Crippen LogP contribution in [0, 0.1) is 11.7 Å². The summed E-state index contributed by atoms with van der Waals surface area (Å²) < 4.78 is 18.9. The van der Waals surface area contributed by atoms with Crippen LogP contribution in [0.5, 0.6) is 5.75 Å². The smallest absolute Gasteiger partial charge is 0.123 e. The number of nitrogens with two attached hydrogens (primary N) is 1. The van der Waals surface area contributed by atoms with Gasteiger partial charge in [-0.2, -0.15) is 0 Å². The van der Waals surface area contributed by atoms with Crippen LogP contribution in [0.25, 0.3) is 0 Å². The molecular formula is C18H20FNO. The topological polar surface area (TPSA) is 35.2 Å². The summed E-state index contributed by atoms with van der Waals surface area (Å²) in [4.78, 5) is 0. The normalized spacial score (nSPS) is 18.9. The molecule has 0 fully saturated rings. The average molecular weight is 285 g/mol. The quantitative estimate of drug-likeness (QED) is 0.934. The largest absolute Gasteiger partial charge is 0.496 e. The van der Waals surface area contributed by atoms with Crippen molar-refractivity contribution in [2.24, 2.45) is 11.7 Å². The van der Waals surface area contributed by atoms with Gasteiger partial charge in [-0.15, -0.1) is 0 Å². The number of hydrogen-bond donors (Lipinski definition) is 1. The van der Waals surface area contributed by atoms with Crippen LogP contribution in [0.2, 0.25) is 0 Å². The molecule has 0 heterocycles. The van der Waals surface area contributed by atoms with Crippen LogP contribution in [0.3, 0.4) is 0 Å². The number of hydrogen-bond acceptors (Lipinski definition) is 2. The molecule has 2 nitrogen and oxygen atoms in total. The minimum Gasteiger partial charge on any atom is -0.496 e. The van der Waals surface area contributed by atoms with Gasteiger partial charge in [0.25, 0.3) is 0 Å². The van der Waals surface area contributed by atoms with E-state index >= 15 is 0 Å². The predicted octanol–water partition coefficient (Wildman–Crippen LogP) is 3.64. The van der Waals surface area contributed by atoms with Crippen molar-refractivity contribution in [2.75, 3.05) is 7.11 Å². The van der Waals surface area contributed by atoms with Crippen LogP contribution in [-0.4, -0.2) is 7.11 Å². The summed E-state index contributed by atoms with van der Waals surface area (Å²) in [6.07, 6.45) is 3.00. The molecule has 2 atom stereocenters. The van der Waals surface area contributed by atoms with Crippen LogP contribution in [-0.2, 0) is 12.8 Å². The predicted molar refractivity (Wildman–Crippen MR) is 81.8 cm³/mol. The Hall–Kier alpha value is -1.87. The van der Waals surface area contributed by atoms with Crippen LogP contribution in [0.4, 0.5) is 4.39 Å². The van der Waals surface area contributed by atoms with Gasteiger partial charge in [0.05, 0.1) is 7.11 Å². The minimum atomic E-state index is -0.266. The monoisotopic (exact) mass is 285 g/mol. The van der Waals surface area contributed by atoms with E-state index in [2.05, 4.69) is 24.3 Å². The first kappa shape index (κ1) is 14.1. The fourth-order valence-corrected chi connectivity index (χ4v) is 3.25. The molecule has 0 saturated heterocycles. The highest BCUT2D eigenvalue weighted by Gasteiger charge is 2.26. The molecule has 1 aliphatic rings. The molecule has 110 valence electrons. The van der Waals surface area contributed by atoms with Crippen molar-refractivity contribution in [3.05, 3.63) is 65.0 Å². The van der Waals surface area contributed by atoms with E-state index in [4.69, 9.17) is 10.5 Å². The summed E-state index contributed by atoms with van der Waals surface area (Å²) in [5, 5.41) is 0. The molecule has 0 aromatic heterocycles. The number of fused-ring (bicyclic) bond motifs is 1. The summed E-state index contributed by atoms with van der Waals surface area (Å²) in [6, 6.07) is 12.8. The van der Waals surface area contributed by atoms with Gasteiger partial charge in [0, 0.05) is 11.6 Å². The van der Waals surface area contributed by atoms with Gasteiger partial charge in [0.2, 0.25) is 0 Å². The number of ether oxygens (including phenoxy) is 1. The number of halogens is 1. The molecule has 21 heavy (non-hydrogen) atoms. The van der Waals surface area contributed by atoms with Crippen LogP contribution in [0.1, 0.15) is 29.2 Å². The maximum atomic E-state index is 13.5. The van der Waals surface area contributed by atoms with Crippen molar-refractivity contribution in [3.8, 4) is 5.75 Å². The zero-order valence-corrected chi connectivity index (χ0v) is 12.2. The summed E-state index contributed by atoms with van der Waals surface area (Å²) in [7, 11) is 1.60. The average Bonchev–Trinajstić information content (AvgIpc) is 2.53. The van der Waals surface area contributed by atoms with Crippen molar-refractivity contribution < 1.29 is 9.13 Å². The van der Waals surface area contributed by atoms with Crippen molar-refractivity contribution >= 4 is 0 Å². The van der Waals surface area contributed by atoms with Gasteiger partial charge in [0.15, 0.2) is 0 Å². The van der Waals surface area contributed by atoms with Gasteiger partial charge >= 0.3 is 0 Å². The Kier molecular flexibility index (Phi) is 3.93. The van der Waals surface area contributed by atoms with Crippen LogP contribution < -0.4 is 10.5 Å². The fourth-order valence-electron chi connectivity index (χ4n) is 3.25. The highest BCUT2D eigenvalue weighted by atomic mass is 19.1. The summed E-state index contributed by atoms with van der Waals surface area (Å²) >= 11 is 0. The van der Waals surface area contributed by atoms with E-state index < -0.39 is 0 Å². The lowest BCUT2D eigenvalue weighted by Crippen LogP contribution is -2.27. The van der Waals surface area contributed by atoms with Gasteiger partial charge in [-0.25, -0.2) is 4.39 Å². The van der Waals surface area contributed by atoms with Crippen molar-refractivity contribution in [2.45, 2.75) is 25.3 Å². The minimum absolute atomic E-state index is 0.205. The molecule has 0 amide bonds. The molecular weight excluding hydrogens is 265 g/mol. The third-order valence-electron chi connectivity index (χ3n) is 4.44. The fraction of sp³-hybridized carbons (Fsp3) is 0.333. The summed E-state index contributed by atoms with van der Waals surface area (Å²) in [6.45, 7) is 0. The highest BCUT2D eigenvalue weighted by molar-refractivity contribution is 5.38.